The molecule has 1 aromatic rings. The molecule has 1 fully saturated rings. The SMILES string of the molecule is Cc1cc(C(O)(C(F)(F)F)C(F)(F)F)cc(C)c1NC(=O)NC1CCCCC1. The molecule has 10 heteroatoms. The summed E-state index contributed by atoms with van der Waals surface area (Å²) in [5, 5.41) is 14.8. The molecule has 0 aromatic heterocycles. The number of amides is 2. The van der Waals surface area contributed by atoms with Gasteiger partial charge in [-0.25, -0.2) is 4.79 Å². The minimum atomic E-state index is -5.96. The summed E-state index contributed by atoms with van der Waals surface area (Å²) in [6, 6.07) is 0.580. The molecule has 0 atom stereocenters. The highest BCUT2D eigenvalue weighted by Gasteiger charge is 2.71. The van der Waals surface area contributed by atoms with Crippen molar-refractivity contribution in [3.05, 3.63) is 28.8 Å². The van der Waals surface area contributed by atoms with Gasteiger partial charge in [0, 0.05) is 17.3 Å². The number of anilines is 1. The standard InChI is InChI=1S/C18H22F6N2O2/c1-10-8-12(16(28,17(19,20)21)18(22,23)24)9-11(2)14(10)26-15(27)25-13-6-4-3-5-7-13/h8-9,13,28H,3-7H2,1-2H3,(H2,25,26,27). The average Bonchev–Trinajstić information content (AvgIpc) is 2.56. The largest absolute Gasteiger partial charge is 0.430 e. The zero-order valence-electron chi connectivity index (χ0n) is 15.4. The minimum absolute atomic E-state index is 0.0193. The number of halogens is 6. The summed E-state index contributed by atoms with van der Waals surface area (Å²) in [6.07, 6.45) is -7.25. The summed E-state index contributed by atoms with van der Waals surface area (Å²) in [7, 11) is 0. The predicted molar refractivity (Wildman–Crippen MR) is 91.0 cm³/mol. The third-order valence-electron chi connectivity index (χ3n) is 4.95. The molecule has 0 bridgehead atoms. The summed E-state index contributed by atoms with van der Waals surface area (Å²) in [4.78, 5) is 12.2. The fourth-order valence-corrected chi connectivity index (χ4v) is 3.44. The first-order chi connectivity index (χ1) is 12.8. The second kappa shape index (κ2) is 7.81. The van der Waals surface area contributed by atoms with Gasteiger partial charge < -0.3 is 15.7 Å². The minimum Gasteiger partial charge on any atom is -0.369 e. The number of nitrogens with one attached hydrogen (secondary N) is 2. The molecular weight excluding hydrogens is 390 g/mol. The van der Waals surface area contributed by atoms with Gasteiger partial charge in [-0.05, 0) is 37.8 Å². The highest BCUT2D eigenvalue weighted by atomic mass is 19.4. The van der Waals surface area contributed by atoms with Gasteiger partial charge >= 0.3 is 18.4 Å². The summed E-state index contributed by atoms with van der Waals surface area (Å²) in [5.74, 6) is 0. The number of hydrogen-bond donors (Lipinski definition) is 3. The van der Waals surface area contributed by atoms with E-state index in [-0.39, 0.29) is 22.9 Å². The molecule has 1 aromatic carbocycles. The molecule has 0 radical (unpaired) electrons. The van der Waals surface area contributed by atoms with Crippen molar-refractivity contribution < 1.29 is 36.2 Å². The van der Waals surface area contributed by atoms with Crippen molar-refractivity contribution in [3.8, 4) is 0 Å². The first-order valence-corrected chi connectivity index (χ1v) is 8.82. The molecule has 1 saturated carbocycles. The zero-order chi connectivity index (χ0) is 21.3. The van der Waals surface area contributed by atoms with Crippen molar-refractivity contribution in [2.45, 2.75) is 69.9 Å². The molecule has 2 rings (SSSR count). The van der Waals surface area contributed by atoms with E-state index in [1.165, 1.54) is 13.8 Å². The van der Waals surface area contributed by atoms with Crippen LogP contribution in [0.25, 0.3) is 0 Å². The Morgan fingerprint density at radius 1 is 0.964 bits per heavy atom. The van der Waals surface area contributed by atoms with E-state index in [1.54, 1.807) is 0 Å². The van der Waals surface area contributed by atoms with E-state index in [9.17, 15) is 36.2 Å². The van der Waals surface area contributed by atoms with Crippen LogP contribution in [0.4, 0.5) is 36.8 Å². The second-order valence-electron chi connectivity index (χ2n) is 7.12. The number of aliphatic hydroxyl groups is 1. The first kappa shape index (κ1) is 22.3. The Labute approximate surface area is 158 Å². The van der Waals surface area contributed by atoms with E-state index in [4.69, 9.17) is 0 Å². The van der Waals surface area contributed by atoms with Crippen LogP contribution in [0.5, 0.6) is 0 Å². The fraction of sp³-hybridized carbons (Fsp3) is 0.611. The van der Waals surface area contributed by atoms with E-state index in [1.807, 2.05) is 0 Å². The Kier molecular flexibility index (Phi) is 6.22. The topological polar surface area (TPSA) is 61.4 Å². The molecule has 0 heterocycles. The maximum Gasteiger partial charge on any atom is 0.430 e. The van der Waals surface area contributed by atoms with Crippen LogP contribution in [0.2, 0.25) is 0 Å². The summed E-state index contributed by atoms with van der Waals surface area (Å²) < 4.78 is 78.4. The van der Waals surface area contributed by atoms with Gasteiger partial charge in [-0.1, -0.05) is 31.4 Å². The van der Waals surface area contributed by atoms with Crippen LogP contribution >= 0.6 is 0 Å². The third kappa shape index (κ3) is 4.37. The molecule has 0 spiro atoms. The lowest BCUT2D eigenvalue weighted by atomic mass is 9.89. The monoisotopic (exact) mass is 412 g/mol. The highest BCUT2D eigenvalue weighted by molar-refractivity contribution is 5.91. The van der Waals surface area contributed by atoms with Gasteiger partial charge in [0.05, 0.1) is 0 Å². The van der Waals surface area contributed by atoms with Crippen molar-refractivity contribution in [1.82, 2.24) is 5.32 Å². The fourth-order valence-electron chi connectivity index (χ4n) is 3.44. The van der Waals surface area contributed by atoms with E-state index in [0.29, 0.717) is 12.1 Å². The van der Waals surface area contributed by atoms with Gasteiger partial charge in [0.2, 0.25) is 0 Å². The third-order valence-corrected chi connectivity index (χ3v) is 4.95. The molecule has 0 aliphatic heterocycles. The number of aryl methyl sites for hydroxylation is 2. The number of carbonyl (C=O) groups excluding carboxylic acids is 1. The molecule has 1 aliphatic carbocycles. The van der Waals surface area contributed by atoms with Crippen LogP contribution in [-0.2, 0) is 5.60 Å². The Hall–Kier alpha value is -1.97. The lowest BCUT2D eigenvalue weighted by Gasteiger charge is -2.33. The van der Waals surface area contributed by atoms with Gasteiger partial charge in [-0.2, -0.15) is 26.3 Å². The number of benzene rings is 1. The maximum atomic E-state index is 13.1. The van der Waals surface area contributed by atoms with E-state index >= 15 is 0 Å². The molecule has 28 heavy (non-hydrogen) atoms. The Morgan fingerprint density at radius 2 is 1.43 bits per heavy atom. The van der Waals surface area contributed by atoms with Gasteiger partial charge in [0.15, 0.2) is 0 Å². The van der Waals surface area contributed by atoms with Crippen LogP contribution in [0, 0.1) is 13.8 Å². The van der Waals surface area contributed by atoms with E-state index < -0.39 is 29.5 Å². The van der Waals surface area contributed by atoms with Crippen molar-refractivity contribution in [2.75, 3.05) is 5.32 Å². The van der Waals surface area contributed by atoms with Gasteiger partial charge in [0.25, 0.3) is 5.60 Å². The summed E-state index contributed by atoms with van der Waals surface area (Å²) in [6.45, 7) is 2.53. The quantitative estimate of drug-likeness (QED) is 0.607. The molecule has 1 aliphatic rings. The van der Waals surface area contributed by atoms with Crippen molar-refractivity contribution in [2.24, 2.45) is 0 Å². The van der Waals surface area contributed by atoms with Crippen LogP contribution in [-0.4, -0.2) is 29.5 Å². The summed E-state index contributed by atoms with van der Waals surface area (Å²) >= 11 is 0. The van der Waals surface area contributed by atoms with Crippen LogP contribution in [0.3, 0.4) is 0 Å². The van der Waals surface area contributed by atoms with Crippen molar-refractivity contribution >= 4 is 11.7 Å². The normalized spacial score (nSPS) is 16.8. The van der Waals surface area contributed by atoms with Crippen molar-refractivity contribution in [3.63, 3.8) is 0 Å². The zero-order valence-corrected chi connectivity index (χ0v) is 15.4. The second-order valence-corrected chi connectivity index (χ2v) is 7.12. The van der Waals surface area contributed by atoms with Crippen LogP contribution < -0.4 is 10.6 Å². The smallest absolute Gasteiger partial charge is 0.369 e. The van der Waals surface area contributed by atoms with E-state index in [0.717, 1.165) is 32.1 Å². The maximum absolute atomic E-state index is 13.1. The predicted octanol–water partition coefficient (Wildman–Crippen LogP) is 5.07. The van der Waals surface area contributed by atoms with Gasteiger partial charge in [-0.3, -0.25) is 0 Å². The van der Waals surface area contributed by atoms with Crippen molar-refractivity contribution in [1.29, 1.82) is 0 Å². The van der Waals surface area contributed by atoms with Crippen LogP contribution in [0.15, 0.2) is 12.1 Å². The molecule has 3 N–H and O–H groups in total. The van der Waals surface area contributed by atoms with Gasteiger partial charge in [-0.15, -0.1) is 0 Å². The number of urea groups is 1. The number of carbonyl (C=O) groups is 1. The Balaban J connectivity index is 2.30. The molecule has 0 saturated heterocycles. The molecule has 0 unspecified atom stereocenters. The highest BCUT2D eigenvalue weighted by Crippen LogP contribution is 2.50. The molecular formula is C18H22F6N2O2. The first-order valence-electron chi connectivity index (χ1n) is 8.82. The van der Waals surface area contributed by atoms with E-state index in [2.05, 4.69) is 10.6 Å². The Bertz CT molecular complexity index is 687. The number of alkyl halides is 6. The molecule has 4 nitrogen and oxygen atoms in total. The van der Waals surface area contributed by atoms with Gasteiger partial charge in [0.1, 0.15) is 0 Å². The number of hydrogen-bond acceptors (Lipinski definition) is 2. The summed E-state index contributed by atoms with van der Waals surface area (Å²) in [5.41, 5.74) is -6.30. The average molecular weight is 412 g/mol. The van der Waals surface area contributed by atoms with Crippen LogP contribution in [0.1, 0.15) is 48.8 Å². The lowest BCUT2D eigenvalue weighted by molar-refractivity contribution is -0.376. The Morgan fingerprint density at radius 3 is 1.86 bits per heavy atom. The molecule has 158 valence electrons. The number of rotatable bonds is 3. The lowest BCUT2D eigenvalue weighted by Crippen LogP contribution is -2.54. The molecule has 2 amide bonds.